The number of hydrogen-bond acceptors (Lipinski definition) is 4. The maximum absolute atomic E-state index is 12.5. The van der Waals surface area contributed by atoms with Crippen LogP contribution < -0.4 is 5.32 Å². The van der Waals surface area contributed by atoms with E-state index in [0.717, 1.165) is 23.5 Å². The number of aryl methyl sites for hydroxylation is 1. The smallest absolute Gasteiger partial charge is 0.230 e. The van der Waals surface area contributed by atoms with E-state index in [2.05, 4.69) is 20.2 Å². The second kappa shape index (κ2) is 5.65. The number of imidazole rings is 1. The lowest BCUT2D eigenvalue weighted by Crippen LogP contribution is -2.40. The van der Waals surface area contributed by atoms with Crippen LogP contribution in [-0.4, -0.2) is 38.9 Å². The molecule has 2 aromatic heterocycles. The molecule has 0 spiro atoms. The van der Waals surface area contributed by atoms with Crippen LogP contribution in [0, 0.1) is 0 Å². The lowest BCUT2D eigenvalue weighted by molar-refractivity contribution is -0.123. The van der Waals surface area contributed by atoms with Gasteiger partial charge in [-0.1, -0.05) is 6.07 Å². The van der Waals surface area contributed by atoms with Gasteiger partial charge in [0, 0.05) is 39.1 Å². The molecule has 0 aliphatic carbocycles. The topological polar surface area (TPSA) is 63.1 Å². The number of carbonyl (C=O) groups is 1. The third kappa shape index (κ3) is 2.80. The lowest BCUT2D eigenvalue weighted by Gasteiger charge is -2.29. The van der Waals surface area contributed by atoms with Gasteiger partial charge in [0.2, 0.25) is 5.91 Å². The van der Waals surface area contributed by atoms with Gasteiger partial charge >= 0.3 is 0 Å². The number of nitrogens with one attached hydrogen (secondary N) is 1. The molecule has 3 rings (SSSR count). The number of fused-ring (bicyclic) bond motifs is 1. The molecule has 2 aromatic rings. The van der Waals surface area contributed by atoms with Crippen LogP contribution >= 0.6 is 0 Å². The standard InChI is InChI=1S/C15H19N5O/c1-19-8-12(14-13(9-19)18-10-20(14)2)15(21)17-7-11-4-3-5-16-6-11/h3-6,10,12H,7-9H2,1-2H3,(H,17,21). The summed E-state index contributed by atoms with van der Waals surface area (Å²) >= 11 is 0. The van der Waals surface area contributed by atoms with Crippen molar-refractivity contribution < 1.29 is 4.79 Å². The first-order valence-electron chi connectivity index (χ1n) is 7.00. The molecule has 21 heavy (non-hydrogen) atoms. The summed E-state index contributed by atoms with van der Waals surface area (Å²) < 4.78 is 1.96. The van der Waals surface area contributed by atoms with Gasteiger partial charge in [-0.2, -0.15) is 0 Å². The van der Waals surface area contributed by atoms with Crippen LogP contribution in [0.2, 0.25) is 0 Å². The summed E-state index contributed by atoms with van der Waals surface area (Å²) in [5.41, 5.74) is 3.02. The highest BCUT2D eigenvalue weighted by molar-refractivity contribution is 5.84. The summed E-state index contributed by atoms with van der Waals surface area (Å²) in [4.78, 5) is 23.1. The van der Waals surface area contributed by atoms with E-state index in [-0.39, 0.29) is 11.8 Å². The monoisotopic (exact) mass is 285 g/mol. The third-order valence-corrected chi connectivity index (χ3v) is 3.81. The molecule has 1 aliphatic heterocycles. The fourth-order valence-corrected chi connectivity index (χ4v) is 2.80. The van der Waals surface area contributed by atoms with Crippen LogP contribution in [-0.2, 0) is 24.9 Å². The maximum Gasteiger partial charge on any atom is 0.230 e. The lowest BCUT2D eigenvalue weighted by atomic mass is 9.97. The highest BCUT2D eigenvalue weighted by Crippen LogP contribution is 2.26. The van der Waals surface area contributed by atoms with Crippen molar-refractivity contribution in [1.29, 1.82) is 0 Å². The molecular formula is C15H19N5O. The predicted molar refractivity (Wildman–Crippen MR) is 78.4 cm³/mol. The number of hydrogen-bond donors (Lipinski definition) is 1. The highest BCUT2D eigenvalue weighted by Gasteiger charge is 2.32. The van der Waals surface area contributed by atoms with Crippen molar-refractivity contribution in [1.82, 2.24) is 24.8 Å². The average Bonchev–Trinajstić information content (AvgIpc) is 2.86. The normalized spacial score (nSPS) is 18.3. The Morgan fingerprint density at radius 3 is 3.10 bits per heavy atom. The number of nitrogens with zero attached hydrogens (tertiary/aromatic N) is 4. The van der Waals surface area contributed by atoms with E-state index in [9.17, 15) is 4.79 Å². The van der Waals surface area contributed by atoms with E-state index in [1.54, 1.807) is 18.7 Å². The van der Waals surface area contributed by atoms with Gasteiger partial charge in [0.05, 0.1) is 23.6 Å². The van der Waals surface area contributed by atoms with Crippen molar-refractivity contribution in [3.8, 4) is 0 Å². The van der Waals surface area contributed by atoms with Gasteiger partial charge < -0.3 is 9.88 Å². The van der Waals surface area contributed by atoms with E-state index in [4.69, 9.17) is 0 Å². The molecule has 3 heterocycles. The molecule has 0 bridgehead atoms. The highest BCUT2D eigenvalue weighted by atomic mass is 16.1. The zero-order valence-corrected chi connectivity index (χ0v) is 12.3. The van der Waals surface area contributed by atoms with Gasteiger partial charge in [-0.05, 0) is 18.7 Å². The first-order chi connectivity index (χ1) is 10.1. The molecule has 1 N–H and O–H groups in total. The van der Waals surface area contributed by atoms with Crippen LogP contribution in [0.15, 0.2) is 30.9 Å². The van der Waals surface area contributed by atoms with Crippen LogP contribution in [0.5, 0.6) is 0 Å². The van der Waals surface area contributed by atoms with Crippen LogP contribution in [0.4, 0.5) is 0 Å². The van der Waals surface area contributed by atoms with Gasteiger partial charge in [0.25, 0.3) is 0 Å². The van der Waals surface area contributed by atoms with E-state index in [1.807, 2.05) is 30.8 Å². The molecule has 1 amide bonds. The molecular weight excluding hydrogens is 266 g/mol. The first-order valence-corrected chi connectivity index (χ1v) is 7.00. The Morgan fingerprint density at radius 1 is 1.48 bits per heavy atom. The summed E-state index contributed by atoms with van der Waals surface area (Å²) in [6, 6.07) is 3.82. The Labute approximate surface area is 123 Å². The summed E-state index contributed by atoms with van der Waals surface area (Å²) in [6.45, 7) is 2.01. The van der Waals surface area contributed by atoms with Crippen molar-refractivity contribution in [2.24, 2.45) is 7.05 Å². The fraction of sp³-hybridized carbons (Fsp3) is 0.400. The van der Waals surface area contributed by atoms with E-state index in [1.165, 1.54) is 0 Å². The van der Waals surface area contributed by atoms with E-state index in [0.29, 0.717) is 13.1 Å². The molecule has 1 atom stereocenters. The Morgan fingerprint density at radius 2 is 2.33 bits per heavy atom. The molecule has 1 unspecified atom stereocenters. The molecule has 6 nitrogen and oxygen atoms in total. The minimum absolute atomic E-state index is 0.0373. The molecule has 0 fully saturated rings. The Kier molecular flexibility index (Phi) is 3.70. The number of aromatic nitrogens is 3. The first kappa shape index (κ1) is 13.8. The van der Waals surface area contributed by atoms with E-state index < -0.39 is 0 Å². The van der Waals surface area contributed by atoms with Gasteiger partial charge in [0.1, 0.15) is 0 Å². The second-order valence-electron chi connectivity index (χ2n) is 5.52. The molecule has 0 radical (unpaired) electrons. The minimum Gasteiger partial charge on any atom is -0.351 e. The van der Waals surface area contributed by atoms with Crippen molar-refractivity contribution >= 4 is 5.91 Å². The second-order valence-corrected chi connectivity index (χ2v) is 5.52. The molecule has 1 aliphatic rings. The van der Waals surface area contributed by atoms with E-state index >= 15 is 0 Å². The minimum atomic E-state index is -0.178. The number of likely N-dealkylation sites (N-methyl/N-ethyl adjacent to an activating group) is 1. The SMILES string of the molecule is CN1Cc2ncn(C)c2C(C(=O)NCc2cccnc2)C1. The van der Waals surface area contributed by atoms with Gasteiger partial charge in [-0.3, -0.25) is 14.7 Å². The Hall–Kier alpha value is -2.21. The molecule has 0 saturated heterocycles. The zero-order valence-electron chi connectivity index (χ0n) is 12.3. The molecule has 0 aromatic carbocycles. The Bertz CT molecular complexity index is 637. The van der Waals surface area contributed by atoms with Crippen LogP contribution in [0.3, 0.4) is 0 Å². The van der Waals surface area contributed by atoms with Crippen molar-refractivity contribution in [3.63, 3.8) is 0 Å². The maximum atomic E-state index is 12.5. The van der Waals surface area contributed by atoms with Crippen molar-refractivity contribution in [3.05, 3.63) is 47.8 Å². The number of rotatable bonds is 3. The quantitative estimate of drug-likeness (QED) is 0.900. The van der Waals surface area contributed by atoms with Crippen LogP contribution in [0.25, 0.3) is 0 Å². The average molecular weight is 285 g/mol. The summed E-state index contributed by atoms with van der Waals surface area (Å²) in [7, 11) is 3.96. The molecule has 0 saturated carbocycles. The zero-order chi connectivity index (χ0) is 14.8. The predicted octanol–water partition coefficient (Wildman–Crippen LogP) is 0.660. The largest absolute Gasteiger partial charge is 0.351 e. The van der Waals surface area contributed by atoms with Crippen molar-refractivity contribution in [2.75, 3.05) is 13.6 Å². The Balaban J connectivity index is 1.74. The van der Waals surface area contributed by atoms with Gasteiger partial charge in [-0.25, -0.2) is 4.98 Å². The molecule has 110 valence electrons. The summed E-state index contributed by atoms with van der Waals surface area (Å²) in [5, 5.41) is 3.00. The van der Waals surface area contributed by atoms with Gasteiger partial charge in [-0.15, -0.1) is 0 Å². The van der Waals surface area contributed by atoms with Crippen LogP contribution in [0.1, 0.15) is 22.9 Å². The summed E-state index contributed by atoms with van der Waals surface area (Å²) in [5.74, 6) is -0.141. The molecule has 6 heteroatoms. The number of amides is 1. The number of pyridine rings is 1. The van der Waals surface area contributed by atoms with Gasteiger partial charge in [0.15, 0.2) is 0 Å². The number of carbonyl (C=O) groups excluding carboxylic acids is 1. The third-order valence-electron chi connectivity index (χ3n) is 3.81. The summed E-state index contributed by atoms with van der Waals surface area (Å²) in [6.07, 6.45) is 5.28. The van der Waals surface area contributed by atoms with Crippen molar-refractivity contribution in [2.45, 2.75) is 19.0 Å². The fourth-order valence-electron chi connectivity index (χ4n) is 2.80.